The van der Waals surface area contributed by atoms with E-state index in [-0.39, 0.29) is 17.4 Å². The Morgan fingerprint density at radius 1 is 1.29 bits per heavy atom. The molecule has 1 aromatic rings. The van der Waals surface area contributed by atoms with Gasteiger partial charge < -0.3 is 10.2 Å². The Hall–Kier alpha value is -2.22. The summed E-state index contributed by atoms with van der Waals surface area (Å²) in [6, 6.07) is 4.03. The number of likely N-dealkylation sites (N-methyl/N-ethyl adjacent to an activating group) is 1. The van der Waals surface area contributed by atoms with Gasteiger partial charge in [-0.05, 0) is 32.4 Å². The summed E-state index contributed by atoms with van der Waals surface area (Å²) in [4.78, 5) is 22.9. The van der Waals surface area contributed by atoms with Crippen molar-refractivity contribution in [3.8, 4) is 0 Å². The Morgan fingerprint density at radius 3 is 2.67 bits per heavy atom. The molecule has 0 spiro atoms. The van der Waals surface area contributed by atoms with Crippen molar-refractivity contribution in [2.45, 2.75) is 25.3 Å². The van der Waals surface area contributed by atoms with Crippen LogP contribution in [0.5, 0.6) is 0 Å². The third-order valence-corrected chi connectivity index (χ3v) is 3.74. The fourth-order valence-electron chi connectivity index (χ4n) is 2.78. The van der Waals surface area contributed by atoms with E-state index in [0.29, 0.717) is 5.69 Å². The summed E-state index contributed by atoms with van der Waals surface area (Å²) in [6.45, 7) is 1.46. The number of nitrogens with one attached hydrogen (secondary N) is 1. The van der Waals surface area contributed by atoms with Gasteiger partial charge in [0.25, 0.3) is 11.4 Å². The first kappa shape index (κ1) is 15.2. The number of nitro benzene ring substituents is 2. The Kier molecular flexibility index (Phi) is 4.69. The molecule has 1 fully saturated rings. The molecule has 0 amide bonds. The SMILES string of the molecule is CNCC1CCCCN1c1ccc([N+](=O)[O-])cc1[N+](=O)[O-]. The highest BCUT2D eigenvalue weighted by molar-refractivity contribution is 5.67. The molecular formula is C13H18N4O4. The molecule has 1 N–H and O–H groups in total. The van der Waals surface area contributed by atoms with Crippen molar-refractivity contribution >= 4 is 17.1 Å². The molecule has 2 rings (SSSR count). The fourth-order valence-corrected chi connectivity index (χ4v) is 2.78. The second-order valence-electron chi connectivity index (χ2n) is 5.09. The Labute approximate surface area is 122 Å². The zero-order valence-electron chi connectivity index (χ0n) is 11.8. The molecule has 0 aromatic heterocycles. The van der Waals surface area contributed by atoms with Gasteiger partial charge in [-0.3, -0.25) is 20.2 Å². The predicted molar refractivity (Wildman–Crippen MR) is 78.7 cm³/mol. The molecule has 1 aromatic carbocycles. The van der Waals surface area contributed by atoms with Crippen LogP contribution in [0.25, 0.3) is 0 Å². The molecule has 1 aliphatic rings. The number of non-ortho nitro benzene ring substituents is 1. The van der Waals surface area contributed by atoms with Crippen LogP contribution in [-0.2, 0) is 0 Å². The van der Waals surface area contributed by atoms with Crippen molar-refractivity contribution in [3.05, 3.63) is 38.4 Å². The molecule has 1 heterocycles. The van der Waals surface area contributed by atoms with Crippen LogP contribution in [0.15, 0.2) is 18.2 Å². The van der Waals surface area contributed by atoms with E-state index in [1.54, 1.807) is 0 Å². The molecule has 0 saturated carbocycles. The molecule has 21 heavy (non-hydrogen) atoms. The first-order chi connectivity index (χ1) is 10.0. The second kappa shape index (κ2) is 6.49. The van der Waals surface area contributed by atoms with Gasteiger partial charge in [0.2, 0.25) is 0 Å². The van der Waals surface area contributed by atoms with Crippen LogP contribution in [0.1, 0.15) is 19.3 Å². The summed E-state index contributed by atoms with van der Waals surface area (Å²) in [5.74, 6) is 0. The summed E-state index contributed by atoms with van der Waals surface area (Å²) in [6.07, 6.45) is 3.01. The highest BCUT2D eigenvalue weighted by atomic mass is 16.6. The lowest BCUT2D eigenvalue weighted by Crippen LogP contribution is -2.45. The van der Waals surface area contributed by atoms with Crippen molar-refractivity contribution < 1.29 is 9.85 Å². The normalized spacial score (nSPS) is 18.5. The van der Waals surface area contributed by atoms with Crippen LogP contribution >= 0.6 is 0 Å². The van der Waals surface area contributed by atoms with Crippen LogP contribution in [0.4, 0.5) is 17.1 Å². The highest BCUT2D eigenvalue weighted by Crippen LogP contribution is 2.35. The van der Waals surface area contributed by atoms with E-state index in [4.69, 9.17) is 0 Å². The van der Waals surface area contributed by atoms with Crippen LogP contribution in [0.2, 0.25) is 0 Å². The van der Waals surface area contributed by atoms with Crippen molar-refractivity contribution in [1.82, 2.24) is 5.32 Å². The van der Waals surface area contributed by atoms with Gasteiger partial charge in [-0.2, -0.15) is 0 Å². The smallest absolute Gasteiger partial charge is 0.299 e. The summed E-state index contributed by atoms with van der Waals surface area (Å²) in [5, 5.41) is 25.1. The molecule has 1 aliphatic heterocycles. The second-order valence-corrected chi connectivity index (χ2v) is 5.09. The number of anilines is 1. The van der Waals surface area contributed by atoms with Crippen LogP contribution in [0, 0.1) is 20.2 Å². The molecular weight excluding hydrogens is 276 g/mol. The zero-order valence-corrected chi connectivity index (χ0v) is 11.8. The highest BCUT2D eigenvalue weighted by Gasteiger charge is 2.29. The Morgan fingerprint density at radius 2 is 2.05 bits per heavy atom. The average Bonchev–Trinajstić information content (AvgIpc) is 2.47. The molecule has 0 aliphatic carbocycles. The number of rotatable bonds is 5. The Bertz CT molecular complexity index is 547. The zero-order chi connectivity index (χ0) is 15.4. The molecule has 1 saturated heterocycles. The summed E-state index contributed by atoms with van der Waals surface area (Å²) in [7, 11) is 1.84. The van der Waals surface area contributed by atoms with Crippen molar-refractivity contribution in [1.29, 1.82) is 0 Å². The van der Waals surface area contributed by atoms with Crippen molar-refractivity contribution in [3.63, 3.8) is 0 Å². The van der Waals surface area contributed by atoms with Crippen LogP contribution in [0.3, 0.4) is 0 Å². The topological polar surface area (TPSA) is 102 Å². The number of benzene rings is 1. The lowest BCUT2D eigenvalue weighted by atomic mass is 10.0. The van der Waals surface area contributed by atoms with Gasteiger partial charge in [-0.25, -0.2) is 0 Å². The maximum Gasteiger partial charge on any atom is 0.299 e. The molecule has 0 radical (unpaired) electrons. The standard InChI is InChI=1S/C13H18N4O4/c1-14-9-11-4-2-3-7-15(11)12-6-5-10(16(18)19)8-13(12)17(20)21/h5-6,8,11,14H,2-4,7,9H2,1H3. The quantitative estimate of drug-likeness (QED) is 0.659. The Balaban J connectivity index is 2.41. The summed E-state index contributed by atoms with van der Waals surface area (Å²) in [5.41, 5.74) is 0.00498. The maximum atomic E-state index is 11.2. The van der Waals surface area contributed by atoms with E-state index in [1.165, 1.54) is 12.1 Å². The van der Waals surface area contributed by atoms with Gasteiger partial charge in [-0.15, -0.1) is 0 Å². The molecule has 8 nitrogen and oxygen atoms in total. The van der Waals surface area contributed by atoms with E-state index in [0.717, 1.165) is 38.4 Å². The van der Waals surface area contributed by atoms with Gasteiger partial charge >= 0.3 is 0 Å². The monoisotopic (exact) mass is 294 g/mol. The largest absolute Gasteiger partial charge is 0.362 e. The van der Waals surface area contributed by atoms with Gasteiger partial charge in [0.05, 0.1) is 15.9 Å². The van der Waals surface area contributed by atoms with Gasteiger partial charge in [0.15, 0.2) is 0 Å². The van der Waals surface area contributed by atoms with E-state index in [2.05, 4.69) is 5.32 Å². The summed E-state index contributed by atoms with van der Waals surface area (Å²) >= 11 is 0. The van der Waals surface area contributed by atoms with Gasteiger partial charge in [0.1, 0.15) is 5.69 Å². The lowest BCUT2D eigenvalue weighted by Gasteiger charge is -2.37. The average molecular weight is 294 g/mol. The minimum atomic E-state index is -0.613. The van der Waals surface area contributed by atoms with E-state index < -0.39 is 9.85 Å². The third-order valence-electron chi connectivity index (χ3n) is 3.74. The van der Waals surface area contributed by atoms with Crippen molar-refractivity contribution in [2.75, 3.05) is 25.0 Å². The first-order valence-electron chi connectivity index (χ1n) is 6.88. The first-order valence-corrected chi connectivity index (χ1v) is 6.88. The third kappa shape index (κ3) is 3.27. The molecule has 1 unspecified atom stereocenters. The van der Waals surface area contributed by atoms with Crippen LogP contribution < -0.4 is 10.2 Å². The van der Waals surface area contributed by atoms with Crippen molar-refractivity contribution in [2.24, 2.45) is 0 Å². The number of piperidine rings is 1. The van der Waals surface area contributed by atoms with Gasteiger partial charge in [-0.1, -0.05) is 0 Å². The lowest BCUT2D eigenvalue weighted by molar-refractivity contribution is -0.393. The fraction of sp³-hybridized carbons (Fsp3) is 0.538. The van der Waals surface area contributed by atoms with Gasteiger partial charge in [0, 0.05) is 25.2 Å². The molecule has 114 valence electrons. The van der Waals surface area contributed by atoms with E-state index in [9.17, 15) is 20.2 Å². The minimum absolute atomic E-state index is 0.170. The molecule has 1 atom stereocenters. The summed E-state index contributed by atoms with van der Waals surface area (Å²) < 4.78 is 0. The number of hydrogen-bond donors (Lipinski definition) is 1. The predicted octanol–water partition coefficient (Wildman–Crippen LogP) is 2.08. The van der Waals surface area contributed by atoms with Crippen LogP contribution in [-0.4, -0.2) is 36.0 Å². The van der Waals surface area contributed by atoms with E-state index in [1.807, 2.05) is 11.9 Å². The number of nitro groups is 2. The minimum Gasteiger partial charge on any atom is -0.362 e. The molecule has 8 heteroatoms. The molecule has 0 bridgehead atoms. The number of nitrogens with zero attached hydrogens (tertiary/aromatic N) is 3. The van der Waals surface area contributed by atoms with E-state index >= 15 is 0 Å². The maximum absolute atomic E-state index is 11.2. The number of hydrogen-bond acceptors (Lipinski definition) is 6.